The van der Waals surface area contributed by atoms with E-state index >= 15 is 0 Å². The zero-order chi connectivity index (χ0) is 24.6. The third-order valence-electron chi connectivity index (χ3n) is 6.08. The molecule has 1 amide bonds. The molecular weight excluding hydrogens is 504 g/mol. The van der Waals surface area contributed by atoms with Gasteiger partial charge >= 0.3 is 0 Å². The smallest absolute Gasteiger partial charge is 0.264 e. The predicted octanol–water partition coefficient (Wildman–Crippen LogP) is 4.74. The van der Waals surface area contributed by atoms with Crippen molar-refractivity contribution >= 4 is 59.9 Å². The van der Waals surface area contributed by atoms with Crippen molar-refractivity contribution in [2.24, 2.45) is 0 Å². The number of amides is 1. The molecule has 2 heterocycles. The summed E-state index contributed by atoms with van der Waals surface area (Å²) in [6, 6.07) is 20.8. The highest BCUT2D eigenvalue weighted by atomic mass is 35.5. The number of para-hydroxylation sites is 2. The third kappa shape index (κ3) is 4.59. The number of rotatable bonds is 5. The van der Waals surface area contributed by atoms with E-state index in [-0.39, 0.29) is 10.8 Å². The van der Waals surface area contributed by atoms with Gasteiger partial charge in [-0.1, -0.05) is 47.2 Å². The Morgan fingerprint density at radius 2 is 1.63 bits per heavy atom. The van der Waals surface area contributed by atoms with E-state index < -0.39 is 10.0 Å². The van der Waals surface area contributed by atoms with E-state index in [1.807, 2.05) is 24.3 Å². The van der Waals surface area contributed by atoms with Crippen molar-refractivity contribution in [3.63, 3.8) is 0 Å². The van der Waals surface area contributed by atoms with Crippen LogP contribution < -0.4 is 9.21 Å². The normalized spacial score (nSPS) is 14.3. The topological polar surface area (TPSA) is 73.8 Å². The Balaban J connectivity index is 1.25. The van der Waals surface area contributed by atoms with Gasteiger partial charge in [-0.25, -0.2) is 13.4 Å². The molecule has 0 aliphatic carbocycles. The number of sulfonamides is 1. The first-order valence-electron chi connectivity index (χ1n) is 11.1. The molecule has 0 N–H and O–H groups in total. The maximum atomic E-state index is 13.1. The molecule has 1 aliphatic heterocycles. The molecule has 180 valence electrons. The van der Waals surface area contributed by atoms with Crippen LogP contribution in [0.2, 0.25) is 5.02 Å². The lowest BCUT2D eigenvalue weighted by Crippen LogP contribution is -2.48. The fourth-order valence-corrected chi connectivity index (χ4v) is 6.54. The van der Waals surface area contributed by atoms with Crippen LogP contribution in [0, 0.1) is 0 Å². The summed E-state index contributed by atoms with van der Waals surface area (Å²) in [6.45, 7) is 2.44. The lowest BCUT2D eigenvalue weighted by Gasteiger charge is -2.34. The monoisotopic (exact) mass is 526 g/mol. The summed E-state index contributed by atoms with van der Waals surface area (Å²) in [5, 5.41) is 1.54. The number of aromatic nitrogens is 1. The molecule has 0 unspecified atom stereocenters. The molecule has 1 aromatic heterocycles. The third-order valence-corrected chi connectivity index (χ3v) is 9.26. The number of anilines is 2. The lowest BCUT2D eigenvalue weighted by molar-refractivity contribution is 0.0746. The van der Waals surface area contributed by atoms with Crippen molar-refractivity contribution < 1.29 is 13.2 Å². The number of hydrogen-bond donors (Lipinski definition) is 0. The van der Waals surface area contributed by atoms with Crippen LogP contribution in [0.15, 0.2) is 77.7 Å². The van der Waals surface area contributed by atoms with E-state index in [0.29, 0.717) is 42.5 Å². The van der Waals surface area contributed by atoms with Gasteiger partial charge in [-0.15, -0.1) is 0 Å². The number of thiazole rings is 1. The molecule has 1 fully saturated rings. The molecule has 0 spiro atoms. The molecule has 0 radical (unpaired) electrons. The van der Waals surface area contributed by atoms with Crippen molar-refractivity contribution in [3.8, 4) is 0 Å². The Labute approximate surface area is 213 Å². The molecule has 0 saturated carbocycles. The fourth-order valence-electron chi connectivity index (χ4n) is 4.03. The number of nitrogens with zero attached hydrogens (tertiary/aromatic N) is 4. The molecule has 1 aliphatic rings. The standard InChI is InChI=1S/C25H23ClN4O3S2/c1-28(19-6-3-2-4-7-19)35(32,33)20-12-10-18(11-13-20)24(31)29-14-16-30(17-15-29)25-27-23-21(26)8-5-9-22(23)34-25/h2-13H,14-17H2,1H3. The average molecular weight is 527 g/mol. The summed E-state index contributed by atoms with van der Waals surface area (Å²) in [5.74, 6) is -0.114. The van der Waals surface area contributed by atoms with Gasteiger partial charge in [0.05, 0.1) is 20.3 Å². The summed E-state index contributed by atoms with van der Waals surface area (Å²) in [6.07, 6.45) is 0. The molecule has 5 rings (SSSR count). The highest BCUT2D eigenvalue weighted by molar-refractivity contribution is 7.92. The van der Waals surface area contributed by atoms with Crippen molar-refractivity contribution in [3.05, 3.63) is 83.4 Å². The number of hydrogen-bond acceptors (Lipinski definition) is 6. The molecule has 10 heteroatoms. The Hall–Kier alpha value is -3.14. The SMILES string of the molecule is CN(c1ccccc1)S(=O)(=O)c1ccc(C(=O)N2CCN(c3nc4c(Cl)cccc4s3)CC2)cc1. The minimum absolute atomic E-state index is 0.114. The number of benzene rings is 3. The van der Waals surface area contributed by atoms with Crippen LogP contribution in [-0.2, 0) is 10.0 Å². The number of carbonyl (C=O) groups is 1. The van der Waals surface area contributed by atoms with Gasteiger partial charge in [0.25, 0.3) is 15.9 Å². The first-order valence-corrected chi connectivity index (χ1v) is 13.7. The second kappa shape index (κ2) is 9.49. The Morgan fingerprint density at radius 3 is 2.29 bits per heavy atom. The van der Waals surface area contributed by atoms with Gasteiger partial charge in [0.1, 0.15) is 5.52 Å². The minimum Gasteiger partial charge on any atom is -0.345 e. The van der Waals surface area contributed by atoms with E-state index in [1.54, 1.807) is 52.6 Å². The van der Waals surface area contributed by atoms with E-state index in [9.17, 15) is 13.2 Å². The van der Waals surface area contributed by atoms with Crippen LogP contribution in [0.25, 0.3) is 10.2 Å². The minimum atomic E-state index is -3.73. The van der Waals surface area contributed by atoms with Crippen LogP contribution in [0.4, 0.5) is 10.8 Å². The number of piperazine rings is 1. The fraction of sp³-hybridized carbons (Fsp3) is 0.200. The highest BCUT2D eigenvalue weighted by Gasteiger charge is 2.26. The van der Waals surface area contributed by atoms with Crippen LogP contribution in [0.3, 0.4) is 0 Å². The Bertz CT molecular complexity index is 1470. The van der Waals surface area contributed by atoms with Gasteiger partial charge in [-0.3, -0.25) is 9.10 Å². The maximum absolute atomic E-state index is 13.1. The summed E-state index contributed by atoms with van der Waals surface area (Å²) in [4.78, 5) is 21.8. The van der Waals surface area contributed by atoms with Crippen LogP contribution >= 0.6 is 22.9 Å². The summed E-state index contributed by atoms with van der Waals surface area (Å²) in [5.41, 5.74) is 1.84. The molecular formula is C25H23ClN4O3S2. The van der Waals surface area contributed by atoms with Crippen molar-refractivity contribution in [2.75, 3.05) is 42.4 Å². The van der Waals surface area contributed by atoms with Gasteiger partial charge in [0, 0.05) is 38.8 Å². The summed E-state index contributed by atoms with van der Waals surface area (Å²) >= 11 is 7.86. The van der Waals surface area contributed by atoms with Gasteiger partial charge in [-0.05, 0) is 48.5 Å². The zero-order valence-corrected chi connectivity index (χ0v) is 21.4. The van der Waals surface area contributed by atoms with Gasteiger partial charge in [0.2, 0.25) is 0 Å². The van der Waals surface area contributed by atoms with Gasteiger partial charge in [-0.2, -0.15) is 0 Å². The van der Waals surface area contributed by atoms with Crippen molar-refractivity contribution in [2.45, 2.75) is 4.90 Å². The van der Waals surface area contributed by atoms with Crippen LogP contribution in [0.1, 0.15) is 10.4 Å². The molecule has 3 aromatic carbocycles. The van der Waals surface area contributed by atoms with Gasteiger partial charge in [0.15, 0.2) is 5.13 Å². The second-order valence-electron chi connectivity index (χ2n) is 8.19. The molecule has 35 heavy (non-hydrogen) atoms. The molecule has 7 nitrogen and oxygen atoms in total. The summed E-state index contributed by atoms with van der Waals surface area (Å²) in [7, 11) is -2.21. The molecule has 1 saturated heterocycles. The first kappa shape index (κ1) is 23.6. The average Bonchev–Trinajstić information content (AvgIpc) is 3.34. The number of carbonyl (C=O) groups excluding carboxylic acids is 1. The molecule has 0 bridgehead atoms. The van der Waals surface area contributed by atoms with Crippen LogP contribution in [0.5, 0.6) is 0 Å². The van der Waals surface area contributed by atoms with E-state index in [4.69, 9.17) is 11.6 Å². The van der Waals surface area contributed by atoms with E-state index in [1.165, 1.54) is 23.5 Å². The Kier molecular flexibility index (Phi) is 6.39. The first-order chi connectivity index (χ1) is 16.8. The maximum Gasteiger partial charge on any atom is 0.264 e. The van der Waals surface area contributed by atoms with Gasteiger partial charge < -0.3 is 9.80 Å². The van der Waals surface area contributed by atoms with E-state index in [2.05, 4.69) is 9.88 Å². The van der Waals surface area contributed by atoms with Crippen LogP contribution in [-0.4, -0.2) is 57.4 Å². The second-order valence-corrected chi connectivity index (χ2v) is 11.6. The van der Waals surface area contributed by atoms with Crippen molar-refractivity contribution in [1.29, 1.82) is 0 Å². The van der Waals surface area contributed by atoms with Crippen molar-refractivity contribution in [1.82, 2.24) is 9.88 Å². The molecule has 4 aromatic rings. The number of halogens is 1. The van der Waals surface area contributed by atoms with E-state index in [0.717, 1.165) is 15.3 Å². The largest absolute Gasteiger partial charge is 0.345 e. The quantitative estimate of drug-likeness (QED) is 0.375. The number of fused-ring (bicyclic) bond motifs is 1. The Morgan fingerprint density at radius 1 is 0.943 bits per heavy atom. The lowest BCUT2D eigenvalue weighted by atomic mass is 10.2. The predicted molar refractivity (Wildman–Crippen MR) is 141 cm³/mol. The zero-order valence-electron chi connectivity index (χ0n) is 19.0. The highest BCUT2D eigenvalue weighted by Crippen LogP contribution is 2.33. The molecule has 0 atom stereocenters. The summed E-state index contributed by atoms with van der Waals surface area (Å²) < 4.78 is 28.2.